The molecular formula is C17H27N3O. The summed E-state index contributed by atoms with van der Waals surface area (Å²) in [4.78, 5) is 14.0. The van der Waals surface area contributed by atoms with E-state index < -0.39 is 0 Å². The molecule has 0 atom stereocenters. The minimum absolute atomic E-state index is 0.139. The molecule has 1 amide bonds. The summed E-state index contributed by atoms with van der Waals surface area (Å²) in [6.07, 6.45) is 4.13. The van der Waals surface area contributed by atoms with Crippen LogP contribution in [0.15, 0.2) is 24.3 Å². The van der Waals surface area contributed by atoms with Crippen molar-refractivity contribution in [3.05, 3.63) is 35.4 Å². The van der Waals surface area contributed by atoms with Crippen LogP contribution >= 0.6 is 0 Å². The summed E-state index contributed by atoms with van der Waals surface area (Å²) in [7, 11) is 0. The normalized spacial score (nSPS) is 19.0. The molecule has 1 aromatic rings. The highest BCUT2D eigenvalue weighted by atomic mass is 16.2. The van der Waals surface area contributed by atoms with Crippen molar-refractivity contribution < 1.29 is 4.79 Å². The minimum atomic E-state index is -0.139. The molecule has 0 radical (unpaired) electrons. The van der Waals surface area contributed by atoms with Crippen molar-refractivity contribution in [2.45, 2.75) is 46.1 Å². The third kappa shape index (κ3) is 4.83. The Morgan fingerprint density at radius 1 is 1.24 bits per heavy atom. The number of carbonyl (C=O) groups excluding carboxylic acids is 1. The summed E-state index contributed by atoms with van der Waals surface area (Å²) < 4.78 is 0. The number of benzene rings is 1. The van der Waals surface area contributed by atoms with E-state index in [1.807, 2.05) is 18.2 Å². The van der Waals surface area contributed by atoms with Gasteiger partial charge in [0.25, 0.3) is 0 Å². The zero-order chi connectivity index (χ0) is 15.3. The molecule has 1 aliphatic heterocycles. The summed E-state index contributed by atoms with van der Waals surface area (Å²) in [5.74, 6) is 5.06. The molecule has 1 aromatic carbocycles. The monoisotopic (exact) mass is 289 g/mol. The molecule has 0 aliphatic carbocycles. The summed E-state index contributed by atoms with van der Waals surface area (Å²) >= 11 is 0. The molecule has 21 heavy (non-hydrogen) atoms. The van der Waals surface area contributed by atoms with Gasteiger partial charge in [0.05, 0.1) is 6.42 Å². The molecule has 1 aliphatic rings. The van der Waals surface area contributed by atoms with E-state index in [1.54, 1.807) is 0 Å². The highest BCUT2D eigenvalue weighted by Crippen LogP contribution is 2.30. The number of hydrazine groups is 1. The average molecular weight is 289 g/mol. The average Bonchev–Trinajstić information content (AvgIpc) is 2.62. The predicted octanol–water partition coefficient (Wildman–Crippen LogP) is 2.23. The number of likely N-dealkylation sites (tertiary alicyclic amines) is 1. The fraction of sp³-hybridized carbons (Fsp3) is 0.588. The minimum Gasteiger partial charge on any atom is -0.299 e. The topological polar surface area (TPSA) is 58.4 Å². The number of rotatable bonds is 4. The molecule has 0 bridgehead atoms. The first-order valence-electron chi connectivity index (χ1n) is 7.79. The van der Waals surface area contributed by atoms with Gasteiger partial charge in [-0.1, -0.05) is 38.1 Å². The second kappa shape index (κ2) is 7.05. The first-order chi connectivity index (χ1) is 10.00. The lowest BCUT2D eigenvalue weighted by molar-refractivity contribution is -0.120. The fourth-order valence-corrected chi connectivity index (χ4v) is 2.99. The van der Waals surface area contributed by atoms with Crippen LogP contribution in [0.2, 0.25) is 0 Å². The van der Waals surface area contributed by atoms with E-state index >= 15 is 0 Å². The van der Waals surface area contributed by atoms with Crippen LogP contribution in [-0.2, 0) is 17.8 Å². The standard InChI is InChI=1S/C17H27N3O/c1-17(2)8-5-10-20(11-9-17)13-15-7-4-3-6-14(15)12-16(21)19-18/h3-4,6-7H,5,8-13,18H2,1-2H3,(H,19,21). The zero-order valence-electron chi connectivity index (χ0n) is 13.2. The van der Waals surface area contributed by atoms with E-state index in [2.05, 4.69) is 30.2 Å². The van der Waals surface area contributed by atoms with Gasteiger partial charge in [0.1, 0.15) is 0 Å². The molecule has 2 rings (SSSR count). The van der Waals surface area contributed by atoms with Crippen LogP contribution in [0.25, 0.3) is 0 Å². The van der Waals surface area contributed by atoms with Crippen molar-refractivity contribution in [2.24, 2.45) is 11.3 Å². The zero-order valence-corrected chi connectivity index (χ0v) is 13.2. The highest BCUT2D eigenvalue weighted by Gasteiger charge is 2.23. The molecular weight excluding hydrogens is 262 g/mol. The van der Waals surface area contributed by atoms with Crippen molar-refractivity contribution in [2.75, 3.05) is 13.1 Å². The van der Waals surface area contributed by atoms with E-state index in [1.165, 1.54) is 24.8 Å². The maximum Gasteiger partial charge on any atom is 0.238 e. The van der Waals surface area contributed by atoms with Crippen LogP contribution in [0.4, 0.5) is 0 Å². The SMILES string of the molecule is CC1(C)CCCN(Cc2ccccc2CC(=O)NN)CC1. The van der Waals surface area contributed by atoms with Gasteiger partial charge in [-0.05, 0) is 48.9 Å². The summed E-state index contributed by atoms with van der Waals surface area (Å²) in [5, 5.41) is 0. The number of nitrogens with one attached hydrogen (secondary N) is 1. The van der Waals surface area contributed by atoms with E-state index in [-0.39, 0.29) is 5.91 Å². The van der Waals surface area contributed by atoms with Crippen molar-refractivity contribution in [1.82, 2.24) is 10.3 Å². The van der Waals surface area contributed by atoms with Crippen LogP contribution in [0.1, 0.15) is 44.2 Å². The number of amides is 1. The second-order valence-electron chi connectivity index (χ2n) is 6.81. The van der Waals surface area contributed by atoms with E-state index in [9.17, 15) is 4.79 Å². The van der Waals surface area contributed by atoms with Gasteiger partial charge in [-0.3, -0.25) is 15.1 Å². The molecule has 0 unspecified atom stereocenters. The van der Waals surface area contributed by atoms with Crippen LogP contribution in [0, 0.1) is 5.41 Å². The van der Waals surface area contributed by atoms with Crippen molar-refractivity contribution in [3.63, 3.8) is 0 Å². The first kappa shape index (κ1) is 16.0. The Kier molecular flexibility index (Phi) is 5.37. The Hall–Kier alpha value is -1.39. The van der Waals surface area contributed by atoms with E-state index in [4.69, 9.17) is 5.84 Å². The summed E-state index contributed by atoms with van der Waals surface area (Å²) in [6, 6.07) is 8.16. The summed E-state index contributed by atoms with van der Waals surface area (Å²) in [5.41, 5.74) is 4.97. The highest BCUT2D eigenvalue weighted by molar-refractivity contribution is 5.78. The molecule has 0 saturated carbocycles. The van der Waals surface area contributed by atoms with Gasteiger partial charge in [0.15, 0.2) is 0 Å². The van der Waals surface area contributed by atoms with Gasteiger partial charge in [0.2, 0.25) is 5.91 Å². The van der Waals surface area contributed by atoms with Gasteiger partial charge < -0.3 is 0 Å². The van der Waals surface area contributed by atoms with Gasteiger partial charge in [-0.25, -0.2) is 5.84 Å². The number of nitrogens with two attached hydrogens (primary N) is 1. The largest absolute Gasteiger partial charge is 0.299 e. The Morgan fingerprint density at radius 2 is 1.95 bits per heavy atom. The van der Waals surface area contributed by atoms with Crippen LogP contribution < -0.4 is 11.3 Å². The first-order valence-corrected chi connectivity index (χ1v) is 7.79. The molecule has 4 nitrogen and oxygen atoms in total. The van der Waals surface area contributed by atoms with Gasteiger partial charge in [0, 0.05) is 6.54 Å². The third-order valence-electron chi connectivity index (χ3n) is 4.46. The number of hydrogen-bond acceptors (Lipinski definition) is 3. The molecule has 0 aromatic heterocycles. The molecule has 0 spiro atoms. The lowest BCUT2D eigenvalue weighted by Crippen LogP contribution is -2.32. The number of hydrogen-bond donors (Lipinski definition) is 2. The fourth-order valence-electron chi connectivity index (χ4n) is 2.99. The molecule has 1 saturated heterocycles. The van der Waals surface area contributed by atoms with Crippen molar-refractivity contribution in [3.8, 4) is 0 Å². The maximum atomic E-state index is 11.5. The van der Waals surface area contributed by atoms with Crippen LogP contribution in [0.5, 0.6) is 0 Å². The Bertz CT molecular complexity index is 485. The lowest BCUT2D eigenvalue weighted by Gasteiger charge is -2.24. The van der Waals surface area contributed by atoms with Gasteiger partial charge >= 0.3 is 0 Å². The third-order valence-corrected chi connectivity index (χ3v) is 4.46. The number of nitrogens with zero attached hydrogens (tertiary/aromatic N) is 1. The Balaban J connectivity index is 2.03. The van der Waals surface area contributed by atoms with Crippen LogP contribution in [-0.4, -0.2) is 23.9 Å². The quantitative estimate of drug-likeness (QED) is 0.508. The molecule has 4 heteroatoms. The molecule has 3 N–H and O–H groups in total. The van der Waals surface area contributed by atoms with Crippen LogP contribution in [0.3, 0.4) is 0 Å². The Morgan fingerprint density at radius 3 is 2.67 bits per heavy atom. The van der Waals surface area contributed by atoms with Gasteiger partial charge in [-0.15, -0.1) is 0 Å². The Labute approximate surface area is 127 Å². The second-order valence-corrected chi connectivity index (χ2v) is 6.81. The van der Waals surface area contributed by atoms with E-state index in [0.29, 0.717) is 11.8 Å². The van der Waals surface area contributed by atoms with Crippen molar-refractivity contribution in [1.29, 1.82) is 0 Å². The van der Waals surface area contributed by atoms with Crippen molar-refractivity contribution >= 4 is 5.91 Å². The summed E-state index contributed by atoms with van der Waals surface area (Å²) in [6.45, 7) is 7.90. The maximum absolute atomic E-state index is 11.5. The predicted molar refractivity (Wildman–Crippen MR) is 85.4 cm³/mol. The smallest absolute Gasteiger partial charge is 0.238 e. The molecule has 1 heterocycles. The van der Waals surface area contributed by atoms with Gasteiger partial charge in [-0.2, -0.15) is 0 Å². The molecule has 116 valence electrons. The lowest BCUT2D eigenvalue weighted by atomic mass is 9.85. The number of carbonyl (C=O) groups is 1. The molecule has 1 fully saturated rings. The van der Waals surface area contributed by atoms with E-state index in [0.717, 1.165) is 25.2 Å².